The lowest BCUT2D eigenvalue weighted by Crippen LogP contribution is -2.44. The van der Waals surface area contributed by atoms with Crippen molar-refractivity contribution in [2.45, 2.75) is 31.0 Å². The van der Waals surface area contributed by atoms with Crippen LogP contribution in [0.25, 0.3) is 0 Å². The maximum absolute atomic E-state index is 13.5. The highest BCUT2D eigenvalue weighted by atomic mass is 19.1. The standard InChI is InChI=1S/C27H26FN7O2/c28-19-8-6-18(7-9-19)23-24(35-16-17-37-27(35)33-23)22-10-13-29-25(32-22)30-21-11-14-34(15-12-21)26(36)31-20-4-2-1-3-5-20/h1-10,13,16-17,21,23-24H,11-12,14-15H2,(H,31,36)(H,29,30,32). The first-order chi connectivity index (χ1) is 18.1. The number of ether oxygens (including phenoxy) is 1. The number of para-hydroxylation sites is 1. The van der Waals surface area contributed by atoms with Crippen molar-refractivity contribution >= 4 is 23.7 Å². The average Bonchev–Trinajstić information content (AvgIpc) is 3.52. The van der Waals surface area contributed by atoms with Gasteiger partial charge in [0.2, 0.25) is 5.95 Å². The fourth-order valence-corrected chi connectivity index (χ4v) is 4.89. The Hall–Kier alpha value is -4.47. The Labute approximate surface area is 213 Å². The molecule has 2 amide bonds. The monoisotopic (exact) mass is 499 g/mol. The molecule has 3 aliphatic heterocycles. The van der Waals surface area contributed by atoms with E-state index in [0.717, 1.165) is 29.8 Å². The number of anilines is 2. The lowest BCUT2D eigenvalue weighted by Gasteiger charge is -2.32. The van der Waals surface area contributed by atoms with Crippen LogP contribution >= 0.6 is 0 Å². The predicted octanol–water partition coefficient (Wildman–Crippen LogP) is 4.68. The molecule has 4 heterocycles. The van der Waals surface area contributed by atoms with Crippen LogP contribution in [0.1, 0.15) is 36.2 Å². The van der Waals surface area contributed by atoms with Gasteiger partial charge < -0.3 is 20.3 Å². The lowest BCUT2D eigenvalue weighted by atomic mass is 9.97. The van der Waals surface area contributed by atoms with Gasteiger partial charge in [0, 0.05) is 37.2 Å². The van der Waals surface area contributed by atoms with E-state index in [4.69, 9.17) is 14.7 Å². The van der Waals surface area contributed by atoms with E-state index in [1.54, 1.807) is 24.6 Å². The smallest absolute Gasteiger partial charge is 0.321 e. The third-order valence-electron chi connectivity index (χ3n) is 6.80. The molecule has 6 rings (SSSR count). The minimum Gasteiger partial charge on any atom is -0.432 e. The fourth-order valence-electron chi connectivity index (χ4n) is 4.89. The third-order valence-corrected chi connectivity index (χ3v) is 6.80. The Morgan fingerprint density at radius 2 is 1.81 bits per heavy atom. The number of nitrogens with one attached hydrogen (secondary N) is 2. The van der Waals surface area contributed by atoms with Gasteiger partial charge in [-0.1, -0.05) is 30.3 Å². The zero-order chi connectivity index (χ0) is 25.2. The summed E-state index contributed by atoms with van der Waals surface area (Å²) in [5.74, 6) is 0.236. The lowest BCUT2D eigenvalue weighted by molar-refractivity contribution is 0.197. The third kappa shape index (κ3) is 4.82. The molecule has 37 heavy (non-hydrogen) atoms. The van der Waals surface area contributed by atoms with Crippen LogP contribution in [0.15, 0.2) is 84.3 Å². The van der Waals surface area contributed by atoms with Crippen molar-refractivity contribution in [2.24, 2.45) is 4.99 Å². The number of halogens is 1. The number of nitrogens with zero attached hydrogens (tertiary/aromatic N) is 5. The maximum atomic E-state index is 13.5. The summed E-state index contributed by atoms with van der Waals surface area (Å²) in [6.07, 6.45) is 6.72. The van der Waals surface area contributed by atoms with Gasteiger partial charge in [0.15, 0.2) is 0 Å². The number of aromatic nitrogens is 2. The molecule has 1 saturated heterocycles. The van der Waals surface area contributed by atoms with Crippen LogP contribution in [0.5, 0.6) is 0 Å². The predicted molar refractivity (Wildman–Crippen MR) is 137 cm³/mol. The number of hydrogen-bond donors (Lipinski definition) is 2. The van der Waals surface area contributed by atoms with Gasteiger partial charge in [-0.3, -0.25) is 4.90 Å². The summed E-state index contributed by atoms with van der Waals surface area (Å²) in [5, 5.41) is 6.38. The molecule has 9 nitrogen and oxygen atoms in total. The number of amidine groups is 1. The number of carbonyl (C=O) groups excluding carboxylic acids is 1. The molecule has 2 aromatic carbocycles. The van der Waals surface area contributed by atoms with Gasteiger partial charge >= 0.3 is 6.03 Å². The van der Waals surface area contributed by atoms with Gasteiger partial charge in [0.1, 0.15) is 24.2 Å². The van der Waals surface area contributed by atoms with Crippen molar-refractivity contribution in [1.82, 2.24) is 19.8 Å². The Kier molecular flexibility index (Phi) is 6.13. The van der Waals surface area contributed by atoms with Crippen LogP contribution in [0.4, 0.5) is 20.8 Å². The fraction of sp³-hybridized carbons (Fsp3) is 0.259. The van der Waals surface area contributed by atoms with E-state index < -0.39 is 0 Å². The van der Waals surface area contributed by atoms with Crippen molar-refractivity contribution in [1.29, 1.82) is 0 Å². The molecule has 2 unspecified atom stereocenters. The Balaban J connectivity index is 1.12. The number of hydrogen-bond acceptors (Lipinski definition) is 7. The van der Waals surface area contributed by atoms with E-state index in [-0.39, 0.29) is 30.0 Å². The summed E-state index contributed by atoms with van der Waals surface area (Å²) in [5.41, 5.74) is 2.44. The minimum absolute atomic E-state index is 0.0901. The van der Waals surface area contributed by atoms with Crippen molar-refractivity contribution in [3.8, 4) is 0 Å². The first-order valence-electron chi connectivity index (χ1n) is 12.3. The van der Waals surface area contributed by atoms with Crippen LogP contribution in [0, 0.1) is 5.82 Å². The molecule has 0 spiro atoms. The number of likely N-dealkylation sites (tertiary alicyclic amines) is 1. The summed E-state index contributed by atoms with van der Waals surface area (Å²) in [4.78, 5) is 30.3. The second kappa shape index (κ2) is 9.88. The van der Waals surface area contributed by atoms with Gasteiger partial charge in [0.05, 0.1) is 5.69 Å². The molecule has 1 aromatic heterocycles. The number of urea groups is 1. The number of fused-ring (bicyclic) bond motifs is 1. The first kappa shape index (κ1) is 23.0. The van der Waals surface area contributed by atoms with E-state index in [1.165, 1.54) is 12.1 Å². The Bertz CT molecular complexity index is 1320. The van der Waals surface area contributed by atoms with E-state index in [9.17, 15) is 9.18 Å². The highest BCUT2D eigenvalue weighted by Crippen LogP contribution is 2.43. The second-order valence-electron chi connectivity index (χ2n) is 9.17. The molecule has 1 fully saturated rings. The van der Waals surface area contributed by atoms with Gasteiger partial charge in [-0.15, -0.1) is 0 Å². The van der Waals surface area contributed by atoms with E-state index in [0.29, 0.717) is 25.1 Å². The minimum atomic E-state index is -0.297. The quantitative estimate of drug-likeness (QED) is 0.529. The van der Waals surface area contributed by atoms with Gasteiger partial charge in [0.25, 0.3) is 6.02 Å². The Morgan fingerprint density at radius 3 is 2.59 bits per heavy atom. The van der Waals surface area contributed by atoms with Crippen molar-refractivity contribution in [3.63, 3.8) is 0 Å². The SMILES string of the molecule is O=C(Nc1ccccc1)N1CCC(Nc2nccc(C3C(c4ccc(F)cc4)N=C4OC=CN43)n2)CC1. The highest BCUT2D eigenvalue weighted by molar-refractivity contribution is 5.89. The zero-order valence-electron chi connectivity index (χ0n) is 20.0. The summed E-state index contributed by atoms with van der Waals surface area (Å²) in [6.45, 7) is 1.27. The van der Waals surface area contributed by atoms with Crippen LogP contribution in [0.3, 0.4) is 0 Å². The van der Waals surface area contributed by atoms with Crippen LogP contribution < -0.4 is 10.6 Å². The van der Waals surface area contributed by atoms with Crippen molar-refractivity contribution in [2.75, 3.05) is 23.7 Å². The largest absolute Gasteiger partial charge is 0.432 e. The number of rotatable bonds is 5. The molecule has 0 saturated carbocycles. The summed E-state index contributed by atoms with van der Waals surface area (Å²) in [6, 6.07) is 17.7. The number of amides is 2. The number of benzene rings is 2. The summed E-state index contributed by atoms with van der Waals surface area (Å²) < 4.78 is 19.1. The molecule has 2 atom stereocenters. The van der Waals surface area contributed by atoms with Crippen molar-refractivity contribution < 1.29 is 13.9 Å². The Morgan fingerprint density at radius 1 is 1.03 bits per heavy atom. The van der Waals surface area contributed by atoms with Crippen LogP contribution in [0.2, 0.25) is 0 Å². The first-order valence-corrected chi connectivity index (χ1v) is 12.3. The van der Waals surface area contributed by atoms with Crippen LogP contribution in [-0.2, 0) is 4.74 Å². The molecule has 188 valence electrons. The second-order valence-corrected chi connectivity index (χ2v) is 9.17. The normalized spacial score (nSPS) is 20.8. The molecule has 0 aliphatic carbocycles. The van der Waals surface area contributed by atoms with E-state index in [2.05, 4.69) is 15.6 Å². The number of carbonyl (C=O) groups is 1. The molecular weight excluding hydrogens is 473 g/mol. The number of piperidine rings is 1. The highest BCUT2D eigenvalue weighted by Gasteiger charge is 2.41. The van der Waals surface area contributed by atoms with Gasteiger partial charge in [-0.05, 0) is 48.7 Å². The van der Waals surface area contributed by atoms with Crippen LogP contribution in [-0.4, -0.2) is 51.0 Å². The van der Waals surface area contributed by atoms with Gasteiger partial charge in [-0.25, -0.2) is 24.1 Å². The molecule has 3 aliphatic rings. The molecule has 0 bridgehead atoms. The molecule has 10 heteroatoms. The summed E-state index contributed by atoms with van der Waals surface area (Å²) >= 11 is 0. The molecule has 0 radical (unpaired) electrons. The van der Waals surface area contributed by atoms with E-state index >= 15 is 0 Å². The molecule has 2 N–H and O–H groups in total. The zero-order valence-corrected chi connectivity index (χ0v) is 20.0. The average molecular weight is 500 g/mol. The van der Waals surface area contributed by atoms with Crippen molar-refractivity contribution in [3.05, 3.63) is 96.4 Å². The van der Waals surface area contributed by atoms with E-state index in [1.807, 2.05) is 52.4 Å². The topological polar surface area (TPSA) is 95.0 Å². The summed E-state index contributed by atoms with van der Waals surface area (Å²) in [7, 11) is 0. The maximum Gasteiger partial charge on any atom is 0.321 e. The van der Waals surface area contributed by atoms with Gasteiger partial charge in [-0.2, -0.15) is 0 Å². The molecule has 3 aromatic rings. The number of aliphatic imine (C=N–C) groups is 1. The molecular formula is C27H26FN7O2.